The lowest BCUT2D eigenvalue weighted by Gasteiger charge is -2.38. The summed E-state index contributed by atoms with van der Waals surface area (Å²) in [6.07, 6.45) is 9.49. The van der Waals surface area contributed by atoms with Crippen molar-refractivity contribution in [3.05, 3.63) is 41.4 Å². The van der Waals surface area contributed by atoms with Crippen LogP contribution in [0.25, 0.3) is 27.5 Å². The van der Waals surface area contributed by atoms with E-state index in [9.17, 15) is 4.79 Å². The highest BCUT2D eigenvalue weighted by molar-refractivity contribution is 6.36. The molecule has 2 aliphatic carbocycles. The van der Waals surface area contributed by atoms with Crippen LogP contribution < -0.4 is 10.2 Å². The van der Waals surface area contributed by atoms with Crippen molar-refractivity contribution >= 4 is 45.4 Å². The molecule has 0 saturated heterocycles. The van der Waals surface area contributed by atoms with E-state index in [-0.39, 0.29) is 22.9 Å². The number of fused-ring (bicyclic) bond motifs is 2. The fourth-order valence-electron chi connectivity index (χ4n) is 5.64. The van der Waals surface area contributed by atoms with Crippen LogP contribution in [0.1, 0.15) is 38.5 Å². The van der Waals surface area contributed by atoms with Crippen LogP contribution in [0, 0.1) is 11.7 Å². The molecule has 8 nitrogen and oxygen atoms in total. The van der Waals surface area contributed by atoms with E-state index < -0.39 is 5.82 Å². The monoisotopic (exact) mass is 523 g/mol. The van der Waals surface area contributed by atoms with Crippen LogP contribution in [0.5, 0.6) is 0 Å². The molecule has 10 heteroatoms. The average molecular weight is 524 g/mol. The fourth-order valence-corrected chi connectivity index (χ4v) is 5.94. The molecule has 0 unspecified atom stereocenters. The summed E-state index contributed by atoms with van der Waals surface area (Å²) in [7, 11) is 6.19. The van der Waals surface area contributed by atoms with Crippen LogP contribution in [0.2, 0.25) is 5.02 Å². The summed E-state index contributed by atoms with van der Waals surface area (Å²) >= 11 is 6.75. The average Bonchev–Trinajstić information content (AvgIpc) is 3.51. The van der Waals surface area contributed by atoms with Gasteiger partial charge in [-0.1, -0.05) is 11.6 Å². The Kier molecular flexibility index (Phi) is 6.07. The first-order chi connectivity index (χ1) is 17.8. The standard InChI is InChI=1S/C27H31ClFN7O/c1-34(2)17-6-8-18(9-7-17)35(3)26-24(29)23(28)22(20-14-30-32-25(20)26)16-10-11-36-19(12-16)13-21(33-36)31-27(37)15-4-5-15/h10-15,17-18H,4-9H2,1-3H3,(H,30,32)(H,31,33,37). The number of benzene rings is 1. The van der Waals surface area contributed by atoms with Crippen molar-refractivity contribution in [2.45, 2.75) is 50.6 Å². The predicted octanol–water partition coefficient (Wildman–Crippen LogP) is 5.33. The lowest BCUT2D eigenvalue weighted by molar-refractivity contribution is -0.117. The summed E-state index contributed by atoms with van der Waals surface area (Å²) in [5.41, 5.74) is 3.22. The van der Waals surface area contributed by atoms with Crippen molar-refractivity contribution in [1.82, 2.24) is 24.7 Å². The zero-order chi connectivity index (χ0) is 25.8. The van der Waals surface area contributed by atoms with Crippen molar-refractivity contribution in [2.24, 2.45) is 5.92 Å². The van der Waals surface area contributed by atoms with Crippen molar-refractivity contribution in [1.29, 1.82) is 0 Å². The van der Waals surface area contributed by atoms with Crippen LogP contribution >= 0.6 is 11.6 Å². The lowest BCUT2D eigenvalue weighted by Crippen LogP contribution is -2.40. The number of amides is 1. The molecule has 6 rings (SSSR count). The van der Waals surface area contributed by atoms with Crippen LogP contribution in [0.3, 0.4) is 0 Å². The lowest BCUT2D eigenvalue weighted by atomic mass is 9.89. The van der Waals surface area contributed by atoms with Gasteiger partial charge >= 0.3 is 0 Å². The van der Waals surface area contributed by atoms with E-state index in [0.717, 1.165) is 55.0 Å². The molecule has 0 spiro atoms. The summed E-state index contributed by atoms with van der Waals surface area (Å²) in [5.74, 6) is 0.150. The molecule has 2 N–H and O–H groups in total. The van der Waals surface area contributed by atoms with E-state index in [1.807, 2.05) is 30.1 Å². The molecule has 3 aromatic heterocycles. The second-order valence-corrected chi connectivity index (χ2v) is 11.0. The number of nitrogens with one attached hydrogen (secondary N) is 2. The number of nitrogens with zero attached hydrogens (tertiary/aromatic N) is 5. The molecule has 2 aliphatic rings. The van der Waals surface area contributed by atoms with E-state index in [0.29, 0.717) is 28.6 Å². The first-order valence-electron chi connectivity index (χ1n) is 12.9. The van der Waals surface area contributed by atoms with Gasteiger partial charge in [-0.2, -0.15) is 10.2 Å². The number of aromatic amines is 1. The summed E-state index contributed by atoms with van der Waals surface area (Å²) in [6, 6.07) is 6.36. The highest BCUT2D eigenvalue weighted by Gasteiger charge is 2.31. The van der Waals surface area contributed by atoms with Gasteiger partial charge < -0.3 is 15.1 Å². The van der Waals surface area contributed by atoms with Crippen molar-refractivity contribution in [3.63, 3.8) is 0 Å². The van der Waals surface area contributed by atoms with Gasteiger partial charge in [-0.25, -0.2) is 8.91 Å². The quantitative estimate of drug-likeness (QED) is 0.357. The maximum Gasteiger partial charge on any atom is 0.228 e. The minimum Gasteiger partial charge on any atom is -0.367 e. The number of hydrogen-bond acceptors (Lipinski definition) is 5. The van der Waals surface area contributed by atoms with E-state index >= 15 is 4.39 Å². The molecular weight excluding hydrogens is 493 g/mol. The number of H-pyrrole nitrogens is 1. The summed E-state index contributed by atoms with van der Waals surface area (Å²) < 4.78 is 17.7. The molecule has 194 valence electrons. The molecule has 2 saturated carbocycles. The Hall–Kier alpha value is -3.17. The van der Waals surface area contributed by atoms with Gasteiger partial charge in [0.25, 0.3) is 0 Å². The van der Waals surface area contributed by atoms with Crippen LogP contribution in [0.4, 0.5) is 15.9 Å². The minimum atomic E-state index is -0.448. The molecule has 3 heterocycles. The Morgan fingerprint density at radius 1 is 1.14 bits per heavy atom. The third-order valence-corrected chi connectivity index (χ3v) is 8.37. The summed E-state index contributed by atoms with van der Waals surface area (Å²) in [5, 5.41) is 15.5. The molecule has 4 aromatic rings. The SMILES string of the molecule is CN(C)C1CCC(N(C)c2c(F)c(Cl)c(-c3ccn4nc(NC(=O)C5CC5)cc4c3)c3cn[nH]c23)CC1. The first kappa shape index (κ1) is 24.2. The van der Waals surface area contributed by atoms with Crippen LogP contribution in [0.15, 0.2) is 30.6 Å². The second kappa shape index (κ2) is 9.29. The fraction of sp³-hybridized carbons (Fsp3) is 0.444. The molecular formula is C27H31ClFN7O. The highest BCUT2D eigenvalue weighted by atomic mass is 35.5. The number of halogens is 2. The van der Waals surface area contributed by atoms with Crippen molar-refractivity contribution < 1.29 is 9.18 Å². The molecule has 0 bridgehead atoms. The molecule has 2 fully saturated rings. The van der Waals surface area contributed by atoms with Gasteiger partial charge in [0.2, 0.25) is 5.91 Å². The topological polar surface area (TPSA) is 81.6 Å². The van der Waals surface area contributed by atoms with E-state index in [2.05, 4.69) is 39.6 Å². The number of aromatic nitrogens is 4. The number of carbonyl (C=O) groups excluding carboxylic acids is 1. The normalized spacial score (nSPS) is 20.2. The third-order valence-electron chi connectivity index (χ3n) is 8.01. The van der Waals surface area contributed by atoms with Gasteiger partial charge in [-0.3, -0.25) is 9.89 Å². The molecule has 0 aliphatic heterocycles. The number of anilines is 2. The maximum absolute atomic E-state index is 16.0. The van der Waals surface area contributed by atoms with Gasteiger partial charge in [-0.15, -0.1) is 0 Å². The summed E-state index contributed by atoms with van der Waals surface area (Å²) in [4.78, 5) is 16.5. The van der Waals surface area contributed by atoms with Gasteiger partial charge in [0.15, 0.2) is 11.6 Å². The highest BCUT2D eigenvalue weighted by Crippen LogP contribution is 2.44. The van der Waals surface area contributed by atoms with Gasteiger partial charge in [0.05, 0.1) is 22.3 Å². The van der Waals surface area contributed by atoms with E-state index in [1.165, 1.54) is 0 Å². The van der Waals surface area contributed by atoms with Crippen LogP contribution in [-0.4, -0.2) is 63.8 Å². The second-order valence-electron chi connectivity index (χ2n) is 10.6. The summed E-state index contributed by atoms with van der Waals surface area (Å²) in [6.45, 7) is 0. The zero-order valence-electron chi connectivity index (χ0n) is 21.3. The Labute approximate surface area is 219 Å². The Bertz CT molecular complexity index is 1480. The third kappa shape index (κ3) is 4.34. The van der Waals surface area contributed by atoms with Gasteiger partial charge in [-0.05, 0) is 70.3 Å². The Morgan fingerprint density at radius 3 is 2.57 bits per heavy atom. The van der Waals surface area contributed by atoms with E-state index in [4.69, 9.17) is 11.6 Å². The molecule has 0 atom stereocenters. The smallest absolute Gasteiger partial charge is 0.228 e. The maximum atomic E-state index is 16.0. The van der Waals surface area contributed by atoms with Gasteiger partial charge in [0, 0.05) is 48.3 Å². The minimum absolute atomic E-state index is 0.00348. The number of pyridine rings is 1. The molecule has 1 amide bonds. The first-order valence-corrected chi connectivity index (χ1v) is 13.2. The molecule has 0 radical (unpaired) electrons. The molecule has 1 aromatic carbocycles. The number of carbonyl (C=O) groups is 1. The molecule has 37 heavy (non-hydrogen) atoms. The van der Waals surface area contributed by atoms with Crippen molar-refractivity contribution in [3.8, 4) is 11.1 Å². The largest absolute Gasteiger partial charge is 0.367 e. The Morgan fingerprint density at radius 2 is 1.86 bits per heavy atom. The van der Waals surface area contributed by atoms with Gasteiger partial charge in [0.1, 0.15) is 5.69 Å². The zero-order valence-corrected chi connectivity index (χ0v) is 22.0. The Balaban J connectivity index is 1.35. The van der Waals surface area contributed by atoms with Crippen molar-refractivity contribution in [2.75, 3.05) is 31.4 Å². The van der Waals surface area contributed by atoms with E-state index in [1.54, 1.807) is 16.9 Å². The number of hydrogen-bond donors (Lipinski definition) is 2. The van der Waals surface area contributed by atoms with Crippen LogP contribution in [-0.2, 0) is 4.79 Å². The number of rotatable bonds is 6. The predicted molar refractivity (Wildman–Crippen MR) is 145 cm³/mol.